The van der Waals surface area contributed by atoms with Crippen LogP contribution in [-0.2, 0) is 14.4 Å². The molecule has 0 aromatic heterocycles. The van der Waals surface area contributed by atoms with Crippen LogP contribution in [0.1, 0.15) is 20.3 Å². The highest BCUT2D eigenvalue weighted by Crippen LogP contribution is 1.83. The maximum Gasteiger partial charge on any atom is 0.239 e. The molecule has 0 heterocycles. The van der Waals surface area contributed by atoms with Crippen molar-refractivity contribution >= 4 is 5.91 Å². The van der Waals surface area contributed by atoms with E-state index >= 15 is 0 Å². The molecule has 0 aliphatic carbocycles. The van der Waals surface area contributed by atoms with E-state index in [1.165, 1.54) is 0 Å². The van der Waals surface area contributed by atoms with E-state index in [1.807, 2.05) is 6.92 Å². The Morgan fingerprint density at radius 1 is 1.43 bits per heavy atom. The summed E-state index contributed by atoms with van der Waals surface area (Å²) in [6, 6.07) is -0.335. The van der Waals surface area contributed by atoms with E-state index in [1.54, 1.807) is 14.0 Å². The zero-order valence-corrected chi connectivity index (χ0v) is 9.13. The molecule has 2 N–H and O–H groups in total. The molecular weight excluding hydrogens is 184 g/mol. The number of hydrogen-bond acceptors (Lipinski definition) is 4. The average molecular weight is 204 g/mol. The summed E-state index contributed by atoms with van der Waals surface area (Å²) >= 11 is 0. The van der Waals surface area contributed by atoms with E-state index in [4.69, 9.17) is 9.57 Å². The monoisotopic (exact) mass is 204 g/mol. The second-order valence-corrected chi connectivity index (χ2v) is 2.97. The highest BCUT2D eigenvalue weighted by Gasteiger charge is 2.10. The molecule has 1 unspecified atom stereocenters. The van der Waals surface area contributed by atoms with Crippen LogP contribution in [0.4, 0.5) is 0 Å². The molecule has 0 bridgehead atoms. The smallest absolute Gasteiger partial charge is 0.239 e. The molecule has 1 atom stereocenters. The predicted octanol–water partition coefficient (Wildman–Crippen LogP) is 0.0687. The summed E-state index contributed by atoms with van der Waals surface area (Å²) in [5.74, 6) is -0.0516. The summed E-state index contributed by atoms with van der Waals surface area (Å²) in [6.45, 7) is 5.40. The summed E-state index contributed by atoms with van der Waals surface area (Å²) < 4.78 is 4.78. The fraction of sp³-hybridized carbons (Fsp3) is 0.889. The Balaban J connectivity index is 3.42. The van der Waals surface area contributed by atoms with E-state index in [0.29, 0.717) is 19.8 Å². The Bertz CT molecular complexity index is 153. The molecule has 0 rings (SSSR count). The number of methoxy groups -OCH3 is 1. The Morgan fingerprint density at radius 2 is 2.14 bits per heavy atom. The van der Waals surface area contributed by atoms with Crippen molar-refractivity contribution in [3.05, 3.63) is 0 Å². The van der Waals surface area contributed by atoms with Crippen molar-refractivity contribution in [2.75, 3.05) is 26.9 Å². The zero-order valence-electron chi connectivity index (χ0n) is 9.13. The number of carbonyl (C=O) groups is 1. The molecule has 0 spiro atoms. The number of carbonyl (C=O) groups excluding carboxylic acids is 1. The topological polar surface area (TPSA) is 59.6 Å². The van der Waals surface area contributed by atoms with Gasteiger partial charge in [-0.3, -0.25) is 9.63 Å². The lowest BCUT2D eigenvalue weighted by atomic mass is 10.3. The van der Waals surface area contributed by atoms with Crippen molar-refractivity contribution in [1.29, 1.82) is 0 Å². The van der Waals surface area contributed by atoms with Crippen LogP contribution in [-0.4, -0.2) is 38.8 Å². The fourth-order valence-electron chi connectivity index (χ4n) is 0.764. The van der Waals surface area contributed by atoms with Gasteiger partial charge in [-0.25, -0.2) is 0 Å². The first kappa shape index (κ1) is 13.4. The molecule has 5 heteroatoms. The highest BCUT2D eigenvalue weighted by molar-refractivity contribution is 5.81. The maximum absolute atomic E-state index is 11.3. The minimum absolute atomic E-state index is 0.0516. The van der Waals surface area contributed by atoms with Gasteiger partial charge in [0, 0.05) is 13.7 Å². The van der Waals surface area contributed by atoms with Gasteiger partial charge in [-0.2, -0.15) is 5.48 Å². The van der Waals surface area contributed by atoms with Crippen LogP contribution < -0.4 is 10.8 Å². The first-order valence-electron chi connectivity index (χ1n) is 4.86. The van der Waals surface area contributed by atoms with Gasteiger partial charge < -0.3 is 10.1 Å². The number of ether oxygens (including phenoxy) is 1. The summed E-state index contributed by atoms with van der Waals surface area (Å²) in [5, 5.41) is 2.76. The average Bonchev–Trinajstić information content (AvgIpc) is 2.20. The minimum Gasteiger partial charge on any atom is -0.382 e. The van der Waals surface area contributed by atoms with Gasteiger partial charge in [-0.1, -0.05) is 6.92 Å². The normalized spacial score (nSPS) is 12.5. The molecule has 0 aromatic rings. The van der Waals surface area contributed by atoms with E-state index in [9.17, 15) is 4.79 Å². The molecule has 0 aliphatic heterocycles. The maximum atomic E-state index is 11.3. The van der Waals surface area contributed by atoms with Gasteiger partial charge in [0.25, 0.3) is 0 Å². The van der Waals surface area contributed by atoms with E-state index in [-0.39, 0.29) is 11.9 Å². The molecule has 14 heavy (non-hydrogen) atoms. The van der Waals surface area contributed by atoms with Gasteiger partial charge in [0.15, 0.2) is 0 Å². The minimum atomic E-state index is -0.335. The highest BCUT2D eigenvalue weighted by atomic mass is 16.7. The Kier molecular flexibility index (Phi) is 8.51. The lowest BCUT2D eigenvalue weighted by Crippen LogP contribution is -2.42. The lowest BCUT2D eigenvalue weighted by molar-refractivity contribution is -0.127. The lowest BCUT2D eigenvalue weighted by Gasteiger charge is -2.13. The molecule has 0 aliphatic rings. The van der Waals surface area contributed by atoms with Crippen LogP contribution >= 0.6 is 0 Å². The van der Waals surface area contributed by atoms with E-state index in [0.717, 1.165) is 6.42 Å². The van der Waals surface area contributed by atoms with Gasteiger partial charge in [0.05, 0.1) is 13.2 Å². The molecule has 5 nitrogen and oxygen atoms in total. The molecule has 1 amide bonds. The second kappa shape index (κ2) is 8.93. The summed E-state index contributed by atoms with van der Waals surface area (Å²) in [4.78, 5) is 16.3. The van der Waals surface area contributed by atoms with Crippen molar-refractivity contribution < 1.29 is 14.4 Å². The van der Waals surface area contributed by atoms with Crippen molar-refractivity contribution in [2.24, 2.45) is 0 Å². The number of hydroxylamine groups is 1. The van der Waals surface area contributed by atoms with E-state index < -0.39 is 0 Å². The summed E-state index contributed by atoms with van der Waals surface area (Å²) in [5.41, 5.74) is 2.63. The fourth-order valence-corrected chi connectivity index (χ4v) is 0.764. The van der Waals surface area contributed by atoms with Crippen LogP contribution in [0.5, 0.6) is 0 Å². The van der Waals surface area contributed by atoms with Crippen molar-refractivity contribution in [2.45, 2.75) is 26.3 Å². The molecular formula is C9H20N2O3. The Morgan fingerprint density at radius 3 is 2.71 bits per heavy atom. The van der Waals surface area contributed by atoms with Crippen LogP contribution in [0.2, 0.25) is 0 Å². The number of rotatable bonds is 8. The first-order valence-corrected chi connectivity index (χ1v) is 4.86. The molecule has 84 valence electrons. The van der Waals surface area contributed by atoms with Crippen molar-refractivity contribution in [3.63, 3.8) is 0 Å². The van der Waals surface area contributed by atoms with Crippen LogP contribution in [0.3, 0.4) is 0 Å². The third-order valence-electron chi connectivity index (χ3n) is 1.59. The van der Waals surface area contributed by atoms with Gasteiger partial charge in [-0.15, -0.1) is 0 Å². The van der Waals surface area contributed by atoms with Crippen LogP contribution in [0.25, 0.3) is 0 Å². The molecule has 0 fully saturated rings. The van der Waals surface area contributed by atoms with Crippen molar-refractivity contribution in [1.82, 2.24) is 10.8 Å². The van der Waals surface area contributed by atoms with Crippen molar-refractivity contribution in [3.8, 4) is 0 Å². The summed E-state index contributed by atoms with van der Waals surface area (Å²) in [7, 11) is 1.60. The number of nitrogens with one attached hydrogen (secondary N) is 2. The SMILES string of the molecule is CCCNC(=O)C(C)NOCCOC. The quantitative estimate of drug-likeness (QED) is 0.434. The molecule has 0 saturated carbocycles. The summed E-state index contributed by atoms with van der Waals surface area (Å²) in [6.07, 6.45) is 0.934. The van der Waals surface area contributed by atoms with E-state index in [2.05, 4.69) is 10.8 Å². The number of hydrogen-bond donors (Lipinski definition) is 2. The Hall–Kier alpha value is -0.650. The first-order chi connectivity index (χ1) is 6.72. The van der Waals surface area contributed by atoms with Crippen LogP contribution in [0, 0.1) is 0 Å². The van der Waals surface area contributed by atoms with Gasteiger partial charge >= 0.3 is 0 Å². The largest absolute Gasteiger partial charge is 0.382 e. The molecule has 0 saturated heterocycles. The second-order valence-electron chi connectivity index (χ2n) is 2.97. The van der Waals surface area contributed by atoms with Crippen LogP contribution in [0.15, 0.2) is 0 Å². The van der Waals surface area contributed by atoms with Gasteiger partial charge in [0.1, 0.15) is 6.04 Å². The standard InChI is InChI=1S/C9H20N2O3/c1-4-5-10-9(12)8(2)11-14-7-6-13-3/h8,11H,4-7H2,1-3H3,(H,10,12). The third kappa shape index (κ3) is 6.82. The predicted molar refractivity (Wildman–Crippen MR) is 53.7 cm³/mol. The third-order valence-corrected chi connectivity index (χ3v) is 1.59. The van der Waals surface area contributed by atoms with Gasteiger partial charge in [-0.05, 0) is 13.3 Å². The zero-order chi connectivity index (χ0) is 10.8. The number of amides is 1. The Labute approximate surface area is 85.1 Å². The molecule has 0 radical (unpaired) electrons. The molecule has 0 aromatic carbocycles. The van der Waals surface area contributed by atoms with Gasteiger partial charge in [0.2, 0.25) is 5.91 Å².